The van der Waals surface area contributed by atoms with Crippen LogP contribution in [-0.2, 0) is 11.8 Å². The van der Waals surface area contributed by atoms with Crippen LogP contribution >= 0.6 is 0 Å². The first-order valence-electron chi connectivity index (χ1n) is 3.30. The number of hydrogen-bond donors (Lipinski definition) is 0. The van der Waals surface area contributed by atoms with Gasteiger partial charge in [-0.05, 0) is 12.5 Å². The summed E-state index contributed by atoms with van der Waals surface area (Å²) in [6, 6.07) is 3.74. The Morgan fingerprint density at radius 1 is 1.64 bits per heavy atom. The van der Waals surface area contributed by atoms with Crippen LogP contribution in [0, 0.1) is 6.92 Å². The SMILES string of the molecule is Cc1cc[n+](C)c(OC=O)c1. The summed E-state index contributed by atoms with van der Waals surface area (Å²) in [5.74, 6) is 0.556. The Kier molecular flexibility index (Phi) is 2.21. The highest BCUT2D eigenvalue weighted by atomic mass is 16.5. The van der Waals surface area contributed by atoms with E-state index < -0.39 is 0 Å². The quantitative estimate of drug-likeness (QED) is 0.452. The number of carbonyl (C=O) groups excluding carboxylic acids is 1. The summed E-state index contributed by atoms with van der Waals surface area (Å²) in [6.07, 6.45) is 1.84. The Balaban J connectivity index is 3.01. The summed E-state index contributed by atoms with van der Waals surface area (Å²) in [5.41, 5.74) is 1.07. The lowest BCUT2D eigenvalue weighted by molar-refractivity contribution is -0.675. The largest absolute Gasteiger partial charge is 0.375 e. The third kappa shape index (κ3) is 1.77. The van der Waals surface area contributed by atoms with E-state index in [-0.39, 0.29) is 0 Å². The Morgan fingerprint density at radius 2 is 2.36 bits per heavy atom. The average Bonchev–Trinajstić information content (AvgIpc) is 1.98. The molecule has 0 radical (unpaired) electrons. The van der Waals surface area contributed by atoms with Gasteiger partial charge in [-0.15, -0.1) is 0 Å². The fraction of sp³-hybridized carbons (Fsp3) is 0.250. The molecule has 0 spiro atoms. The molecule has 0 saturated carbocycles. The molecule has 0 aliphatic heterocycles. The summed E-state index contributed by atoms with van der Waals surface area (Å²) < 4.78 is 6.44. The molecule has 0 amide bonds. The van der Waals surface area contributed by atoms with Gasteiger partial charge in [0.15, 0.2) is 6.20 Å². The molecule has 11 heavy (non-hydrogen) atoms. The zero-order valence-corrected chi connectivity index (χ0v) is 6.57. The molecule has 0 fully saturated rings. The number of hydrogen-bond acceptors (Lipinski definition) is 2. The number of aromatic nitrogens is 1. The molecule has 0 aliphatic carbocycles. The molecule has 1 aromatic rings. The number of aryl methyl sites for hydroxylation is 2. The van der Waals surface area contributed by atoms with Crippen molar-refractivity contribution in [3.8, 4) is 5.88 Å². The minimum Gasteiger partial charge on any atom is -0.373 e. The number of carbonyl (C=O) groups is 1. The van der Waals surface area contributed by atoms with Crippen LogP contribution in [0.2, 0.25) is 0 Å². The van der Waals surface area contributed by atoms with E-state index in [9.17, 15) is 4.79 Å². The second-order valence-corrected chi connectivity index (χ2v) is 2.37. The van der Waals surface area contributed by atoms with Crippen LogP contribution in [0.4, 0.5) is 0 Å². The van der Waals surface area contributed by atoms with Crippen LogP contribution in [0.15, 0.2) is 18.3 Å². The lowest BCUT2D eigenvalue weighted by atomic mass is 10.3. The average molecular weight is 152 g/mol. The van der Waals surface area contributed by atoms with E-state index in [4.69, 9.17) is 4.74 Å². The van der Waals surface area contributed by atoms with Gasteiger partial charge in [0, 0.05) is 6.07 Å². The highest BCUT2D eigenvalue weighted by molar-refractivity contribution is 5.42. The van der Waals surface area contributed by atoms with Crippen molar-refractivity contribution < 1.29 is 14.1 Å². The third-order valence-electron chi connectivity index (χ3n) is 1.43. The molecular formula is C8H10NO2+. The molecule has 0 atom stereocenters. The molecule has 1 rings (SSSR count). The maximum absolute atomic E-state index is 10.0. The minimum absolute atomic E-state index is 0.425. The van der Waals surface area contributed by atoms with Gasteiger partial charge in [-0.1, -0.05) is 0 Å². The molecule has 58 valence electrons. The van der Waals surface area contributed by atoms with Crippen LogP contribution in [0.5, 0.6) is 5.88 Å². The highest BCUT2D eigenvalue weighted by Crippen LogP contribution is 2.03. The summed E-state index contributed by atoms with van der Waals surface area (Å²) in [7, 11) is 1.82. The molecule has 3 heteroatoms. The second-order valence-electron chi connectivity index (χ2n) is 2.37. The first kappa shape index (κ1) is 7.72. The van der Waals surface area contributed by atoms with Gasteiger partial charge in [-0.25, -0.2) is 0 Å². The van der Waals surface area contributed by atoms with Crippen LogP contribution in [0.1, 0.15) is 5.56 Å². The van der Waals surface area contributed by atoms with Crippen molar-refractivity contribution in [2.24, 2.45) is 7.05 Å². The minimum atomic E-state index is 0.425. The Hall–Kier alpha value is -1.38. The normalized spacial score (nSPS) is 9.27. The highest BCUT2D eigenvalue weighted by Gasteiger charge is 2.05. The maximum atomic E-state index is 10.0. The number of pyridine rings is 1. The summed E-state index contributed by atoms with van der Waals surface area (Å²) >= 11 is 0. The van der Waals surface area contributed by atoms with Gasteiger partial charge in [0.25, 0.3) is 0 Å². The summed E-state index contributed by atoms with van der Waals surface area (Å²) in [4.78, 5) is 10.0. The van der Waals surface area contributed by atoms with E-state index in [0.717, 1.165) is 5.56 Å². The monoisotopic (exact) mass is 152 g/mol. The molecule has 0 unspecified atom stereocenters. The molecule has 0 aromatic carbocycles. The van der Waals surface area contributed by atoms with Crippen LogP contribution in [0.25, 0.3) is 0 Å². The topological polar surface area (TPSA) is 30.2 Å². The number of nitrogens with zero attached hydrogens (tertiary/aromatic N) is 1. The molecule has 0 aliphatic rings. The van der Waals surface area contributed by atoms with Crippen molar-refractivity contribution in [1.82, 2.24) is 0 Å². The van der Waals surface area contributed by atoms with Gasteiger partial charge in [0.1, 0.15) is 7.05 Å². The van der Waals surface area contributed by atoms with Crippen molar-refractivity contribution in [2.75, 3.05) is 0 Å². The Bertz CT molecular complexity index is 271. The predicted molar refractivity (Wildman–Crippen MR) is 39.0 cm³/mol. The summed E-state index contributed by atoms with van der Waals surface area (Å²) in [5, 5.41) is 0. The molecule has 1 aromatic heterocycles. The van der Waals surface area contributed by atoms with Gasteiger partial charge in [0.05, 0.1) is 6.07 Å². The third-order valence-corrected chi connectivity index (χ3v) is 1.43. The van der Waals surface area contributed by atoms with Crippen molar-refractivity contribution >= 4 is 6.47 Å². The molecule has 1 heterocycles. The predicted octanol–water partition coefficient (Wildman–Crippen LogP) is 0.355. The zero-order chi connectivity index (χ0) is 8.27. The van der Waals surface area contributed by atoms with Gasteiger partial charge < -0.3 is 4.74 Å². The second kappa shape index (κ2) is 3.14. The first-order valence-corrected chi connectivity index (χ1v) is 3.30. The lowest BCUT2D eigenvalue weighted by Gasteiger charge is -1.95. The van der Waals surface area contributed by atoms with E-state index in [2.05, 4.69) is 0 Å². The fourth-order valence-corrected chi connectivity index (χ4v) is 0.814. The summed E-state index contributed by atoms with van der Waals surface area (Å²) in [6.45, 7) is 2.37. The Morgan fingerprint density at radius 3 is 3.00 bits per heavy atom. The van der Waals surface area contributed by atoms with Crippen LogP contribution in [0.3, 0.4) is 0 Å². The molecule has 0 N–H and O–H groups in total. The van der Waals surface area contributed by atoms with E-state index >= 15 is 0 Å². The number of ether oxygens (including phenoxy) is 1. The first-order chi connectivity index (χ1) is 5.24. The van der Waals surface area contributed by atoms with Gasteiger partial charge in [-0.3, -0.25) is 4.79 Å². The van der Waals surface area contributed by atoms with Crippen molar-refractivity contribution in [2.45, 2.75) is 6.92 Å². The maximum Gasteiger partial charge on any atom is 0.375 e. The fourth-order valence-electron chi connectivity index (χ4n) is 0.814. The van der Waals surface area contributed by atoms with E-state index in [1.807, 2.05) is 26.2 Å². The van der Waals surface area contributed by atoms with Crippen LogP contribution < -0.4 is 9.30 Å². The molecule has 0 bridgehead atoms. The van der Waals surface area contributed by atoms with Crippen molar-refractivity contribution in [1.29, 1.82) is 0 Å². The van der Waals surface area contributed by atoms with Gasteiger partial charge in [-0.2, -0.15) is 4.57 Å². The van der Waals surface area contributed by atoms with Gasteiger partial charge in [0.2, 0.25) is 0 Å². The molecule has 0 saturated heterocycles. The van der Waals surface area contributed by atoms with Crippen molar-refractivity contribution in [3.63, 3.8) is 0 Å². The zero-order valence-electron chi connectivity index (χ0n) is 6.57. The lowest BCUT2D eigenvalue weighted by Crippen LogP contribution is -2.29. The van der Waals surface area contributed by atoms with E-state index in [1.165, 1.54) is 0 Å². The Labute approximate surface area is 65.2 Å². The molecular weight excluding hydrogens is 142 g/mol. The standard InChI is InChI=1S/C8H10NO2/c1-7-3-4-9(2)8(5-7)11-6-10/h3-6H,1-2H3/q+1. The smallest absolute Gasteiger partial charge is 0.373 e. The number of rotatable bonds is 2. The van der Waals surface area contributed by atoms with Gasteiger partial charge >= 0.3 is 12.4 Å². The van der Waals surface area contributed by atoms with Crippen molar-refractivity contribution in [3.05, 3.63) is 23.9 Å². The van der Waals surface area contributed by atoms with Crippen LogP contribution in [-0.4, -0.2) is 6.47 Å². The molecule has 3 nitrogen and oxygen atoms in total. The van der Waals surface area contributed by atoms with E-state index in [1.54, 1.807) is 10.6 Å². The van der Waals surface area contributed by atoms with E-state index in [0.29, 0.717) is 12.4 Å².